The molecule has 0 radical (unpaired) electrons. The van der Waals surface area contributed by atoms with Crippen LogP contribution in [0.4, 0.5) is 4.79 Å². The molecule has 0 aromatic rings. The third kappa shape index (κ3) is 2.06. The highest BCUT2D eigenvalue weighted by Gasteiger charge is 2.42. The molecule has 3 fully saturated rings. The molecule has 0 spiro atoms. The first kappa shape index (κ1) is 11.8. The van der Waals surface area contributed by atoms with E-state index < -0.39 is 0 Å². The molecular formula is C13H21N3O2. The lowest BCUT2D eigenvalue weighted by molar-refractivity contribution is -0.123. The van der Waals surface area contributed by atoms with Gasteiger partial charge in [0.15, 0.2) is 0 Å². The number of nitrogens with one attached hydrogen (secondary N) is 2. The number of likely N-dealkylation sites (tertiary alicyclic amines) is 1. The van der Waals surface area contributed by atoms with E-state index in [9.17, 15) is 9.59 Å². The van der Waals surface area contributed by atoms with Gasteiger partial charge in [0.2, 0.25) is 5.91 Å². The fourth-order valence-electron chi connectivity index (χ4n) is 3.23. The van der Waals surface area contributed by atoms with Gasteiger partial charge in [-0.1, -0.05) is 6.42 Å². The molecule has 5 heteroatoms. The van der Waals surface area contributed by atoms with Gasteiger partial charge >= 0.3 is 6.03 Å². The number of carbonyl (C=O) groups is 2. The Labute approximate surface area is 107 Å². The Balaban J connectivity index is 1.56. The lowest BCUT2D eigenvalue weighted by Crippen LogP contribution is -2.53. The molecule has 100 valence electrons. The molecule has 2 N–H and O–H groups in total. The summed E-state index contributed by atoms with van der Waals surface area (Å²) in [6.07, 6.45) is 5.64. The maximum atomic E-state index is 12.2. The van der Waals surface area contributed by atoms with E-state index >= 15 is 0 Å². The van der Waals surface area contributed by atoms with Crippen molar-refractivity contribution >= 4 is 11.9 Å². The molecule has 3 amide bonds. The molecule has 3 aliphatic rings. The van der Waals surface area contributed by atoms with Crippen LogP contribution in [0.25, 0.3) is 0 Å². The van der Waals surface area contributed by atoms with E-state index in [-0.39, 0.29) is 23.9 Å². The lowest BCUT2D eigenvalue weighted by atomic mass is 9.85. The van der Waals surface area contributed by atoms with E-state index in [0.717, 1.165) is 25.9 Å². The summed E-state index contributed by atoms with van der Waals surface area (Å²) in [5.41, 5.74) is 0. The maximum absolute atomic E-state index is 12.2. The van der Waals surface area contributed by atoms with Crippen LogP contribution >= 0.6 is 0 Å². The minimum atomic E-state index is 0.0214. The molecule has 2 saturated heterocycles. The third-order valence-electron chi connectivity index (χ3n) is 4.63. The van der Waals surface area contributed by atoms with Gasteiger partial charge in [-0.15, -0.1) is 0 Å². The van der Waals surface area contributed by atoms with Crippen molar-refractivity contribution in [2.24, 2.45) is 11.8 Å². The van der Waals surface area contributed by atoms with Crippen molar-refractivity contribution < 1.29 is 9.59 Å². The summed E-state index contributed by atoms with van der Waals surface area (Å²) in [7, 11) is 0. The first-order chi connectivity index (χ1) is 8.75. The normalized spacial score (nSPS) is 31.6. The average Bonchev–Trinajstić information content (AvgIpc) is 2.69. The Morgan fingerprint density at radius 3 is 2.89 bits per heavy atom. The number of nitrogens with zero attached hydrogens (tertiary/aromatic N) is 1. The van der Waals surface area contributed by atoms with Crippen LogP contribution in [0.2, 0.25) is 0 Å². The Bertz CT molecular complexity index is 354. The molecular weight excluding hydrogens is 230 g/mol. The van der Waals surface area contributed by atoms with Crippen molar-refractivity contribution in [1.82, 2.24) is 15.5 Å². The van der Waals surface area contributed by atoms with E-state index in [1.54, 1.807) is 0 Å². The smallest absolute Gasteiger partial charge is 0.317 e. The molecule has 0 bridgehead atoms. The topological polar surface area (TPSA) is 61.4 Å². The van der Waals surface area contributed by atoms with Gasteiger partial charge in [-0.3, -0.25) is 4.79 Å². The summed E-state index contributed by atoms with van der Waals surface area (Å²) in [4.78, 5) is 25.7. The first-order valence-corrected chi connectivity index (χ1v) is 7.08. The minimum Gasteiger partial charge on any atom is -0.354 e. The van der Waals surface area contributed by atoms with Crippen molar-refractivity contribution in [3.05, 3.63) is 0 Å². The van der Waals surface area contributed by atoms with Crippen LogP contribution in [0.15, 0.2) is 0 Å². The van der Waals surface area contributed by atoms with Crippen LogP contribution < -0.4 is 10.6 Å². The molecule has 2 heterocycles. The van der Waals surface area contributed by atoms with Crippen molar-refractivity contribution in [3.8, 4) is 0 Å². The maximum Gasteiger partial charge on any atom is 0.317 e. The predicted octanol–water partition coefficient (Wildman–Crippen LogP) is 0.706. The second-order valence-corrected chi connectivity index (χ2v) is 5.74. The number of amides is 3. The highest BCUT2D eigenvalue weighted by atomic mass is 16.2. The average molecular weight is 251 g/mol. The molecule has 0 unspecified atom stereocenters. The summed E-state index contributed by atoms with van der Waals surface area (Å²) in [6, 6.07) is 0.0979. The molecule has 2 aliphatic heterocycles. The third-order valence-corrected chi connectivity index (χ3v) is 4.63. The van der Waals surface area contributed by atoms with E-state index in [1.807, 2.05) is 4.90 Å². The largest absolute Gasteiger partial charge is 0.354 e. The summed E-state index contributed by atoms with van der Waals surface area (Å²) in [5, 5.41) is 5.90. The van der Waals surface area contributed by atoms with Gasteiger partial charge in [-0.2, -0.15) is 0 Å². The number of urea groups is 1. The van der Waals surface area contributed by atoms with Gasteiger partial charge in [0.25, 0.3) is 0 Å². The molecule has 2 atom stereocenters. The molecule has 5 nitrogen and oxygen atoms in total. The zero-order valence-electron chi connectivity index (χ0n) is 10.7. The Morgan fingerprint density at radius 2 is 2.17 bits per heavy atom. The van der Waals surface area contributed by atoms with Crippen molar-refractivity contribution in [1.29, 1.82) is 0 Å². The molecule has 1 saturated carbocycles. The number of hydrogen-bond acceptors (Lipinski definition) is 2. The fraction of sp³-hybridized carbons (Fsp3) is 0.846. The van der Waals surface area contributed by atoms with Crippen LogP contribution in [-0.2, 0) is 4.79 Å². The standard InChI is InChI=1S/C13H21N3O2/c17-12-10-5-2-6-16(11(10)8-14-12)13(18)15-7-9-3-1-4-9/h9-11H,1-8H2,(H,14,17)(H,15,18)/t10-,11-/m1/s1. The van der Waals surface area contributed by atoms with E-state index in [1.165, 1.54) is 19.3 Å². The van der Waals surface area contributed by atoms with Crippen LogP contribution in [0, 0.1) is 11.8 Å². The second kappa shape index (κ2) is 4.78. The number of piperidine rings is 1. The van der Waals surface area contributed by atoms with E-state index in [4.69, 9.17) is 0 Å². The molecule has 3 rings (SSSR count). The quantitative estimate of drug-likeness (QED) is 0.759. The number of rotatable bonds is 2. The van der Waals surface area contributed by atoms with Gasteiger partial charge in [0, 0.05) is 19.6 Å². The zero-order chi connectivity index (χ0) is 12.5. The monoisotopic (exact) mass is 251 g/mol. The van der Waals surface area contributed by atoms with Gasteiger partial charge in [-0.25, -0.2) is 4.79 Å². The fourth-order valence-corrected chi connectivity index (χ4v) is 3.23. The predicted molar refractivity (Wildman–Crippen MR) is 67.0 cm³/mol. The van der Waals surface area contributed by atoms with Crippen molar-refractivity contribution in [2.75, 3.05) is 19.6 Å². The Hall–Kier alpha value is -1.26. The Kier molecular flexibility index (Phi) is 3.14. The van der Waals surface area contributed by atoms with Gasteiger partial charge < -0.3 is 15.5 Å². The Morgan fingerprint density at radius 1 is 1.33 bits per heavy atom. The molecule has 1 aliphatic carbocycles. The minimum absolute atomic E-state index is 0.0214. The number of fused-ring (bicyclic) bond motifs is 1. The van der Waals surface area contributed by atoms with Crippen LogP contribution in [0.1, 0.15) is 32.1 Å². The second-order valence-electron chi connectivity index (χ2n) is 5.74. The van der Waals surface area contributed by atoms with Crippen molar-refractivity contribution in [3.63, 3.8) is 0 Å². The van der Waals surface area contributed by atoms with Crippen LogP contribution in [-0.4, -0.2) is 42.5 Å². The van der Waals surface area contributed by atoms with Gasteiger partial charge in [-0.05, 0) is 31.6 Å². The SMILES string of the molecule is O=C1NC[C@@H]2[C@H]1CCCN2C(=O)NCC1CCC1. The summed E-state index contributed by atoms with van der Waals surface area (Å²) in [6.45, 7) is 2.21. The van der Waals surface area contributed by atoms with Crippen LogP contribution in [0.5, 0.6) is 0 Å². The summed E-state index contributed by atoms with van der Waals surface area (Å²) in [5.74, 6) is 0.822. The summed E-state index contributed by atoms with van der Waals surface area (Å²) >= 11 is 0. The summed E-state index contributed by atoms with van der Waals surface area (Å²) < 4.78 is 0. The van der Waals surface area contributed by atoms with Crippen molar-refractivity contribution in [2.45, 2.75) is 38.1 Å². The lowest BCUT2D eigenvalue weighted by Gasteiger charge is -2.36. The highest BCUT2D eigenvalue weighted by Crippen LogP contribution is 2.28. The number of carbonyl (C=O) groups excluding carboxylic acids is 2. The van der Waals surface area contributed by atoms with Gasteiger partial charge in [0.05, 0.1) is 12.0 Å². The van der Waals surface area contributed by atoms with Gasteiger partial charge in [0.1, 0.15) is 0 Å². The van der Waals surface area contributed by atoms with Crippen LogP contribution in [0.3, 0.4) is 0 Å². The first-order valence-electron chi connectivity index (χ1n) is 7.08. The van der Waals surface area contributed by atoms with E-state index in [2.05, 4.69) is 10.6 Å². The van der Waals surface area contributed by atoms with E-state index in [0.29, 0.717) is 12.5 Å². The molecule has 18 heavy (non-hydrogen) atoms. The zero-order valence-corrected chi connectivity index (χ0v) is 10.7. The highest BCUT2D eigenvalue weighted by molar-refractivity contribution is 5.84. The molecule has 0 aromatic heterocycles. The number of hydrogen-bond donors (Lipinski definition) is 2. The molecule has 0 aromatic carbocycles.